The maximum Gasteiger partial charge on any atom is 0.261 e. The van der Waals surface area contributed by atoms with Crippen molar-refractivity contribution in [3.05, 3.63) is 65.2 Å². The van der Waals surface area contributed by atoms with Crippen LogP contribution in [0.25, 0.3) is 0 Å². The number of rotatable bonds is 6. The third-order valence-electron chi connectivity index (χ3n) is 4.96. The third kappa shape index (κ3) is 4.22. The monoisotopic (exact) mass is 337 g/mol. The summed E-state index contributed by atoms with van der Waals surface area (Å²) >= 11 is 0. The van der Waals surface area contributed by atoms with Crippen LogP contribution in [0.15, 0.2) is 48.5 Å². The largest absolute Gasteiger partial charge is 0.481 e. The molecule has 0 heterocycles. The van der Waals surface area contributed by atoms with Gasteiger partial charge < -0.3 is 10.1 Å². The van der Waals surface area contributed by atoms with Gasteiger partial charge in [-0.15, -0.1) is 0 Å². The standard InChI is InChI=1S/C22H27NO2/c1-3-16-12-14-18(15-13-16)25-21(4-2)22(24)23-20-11-7-9-17-8-5-6-10-19(17)20/h5-6,8,10,12-15,20-21H,3-4,7,9,11H2,1-2H3,(H,23,24)/t20-,21-/m1/s1. The molecule has 2 aromatic carbocycles. The Morgan fingerprint density at radius 3 is 2.64 bits per heavy atom. The Kier molecular flexibility index (Phi) is 5.75. The molecule has 1 N–H and O–H groups in total. The van der Waals surface area contributed by atoms with E-state index in [0.717, 1.165) is 31.4 Å². The summed E-state index contributed by atoms with van der Waals surface area (Å²) in [6.07, 6.45) is 4.39. The zero-order valence-corrected chi connectivity index (χ0v) is 15.1. The number of aryl methyl sites for hydroxylation is 2. The molecule has 2 atom stereocenters. The molecule has 3 nitrogen and oxygen atoms in total. The minimum atomic E-state index is -0.457. The summed E-state index contributed by atoms with van der Waals surface area (Å²) in [7, 11) is 0. The van der Waals surface area contributed by atoms with E-state index >= 15 is 0 Å². The predicted molar refractivity (Wildman–Crippen MR) is 101 cm³/mol. The number of nitrogens with one attached hydrogen (secondary N) is 1. The summed E-state index contributed by atoms with van der Waals surface area (Å²) < 4.78 is 5.94. The van der Waals surface area contributed by atoms with Crippen LogP contribution in [-0.2, 0) is 17.6 Å². The molecule has 0 bridgehead atoms. The second kappa shape index (κ2) is 8.19. The molecule has 1 aliphatic carbocycles. The topological polar surface area (TPSA) is 38.3 Å². The highest BCUT2D eigenvalue weighted by Gasteiger charge is 2.25. The number of carbonyl (C=O) groups excluding carboxylic acids is 1. The van der Waals surface area contributed by atoms with E-state index in [9.17, 15) is 4.79 Å². The van der Waals surface area contributed by atoms with Gasteiger partial charge >= 0.3 is 0 Å². The number of carbonyl (C=O) groups is 1. The molecule has 1 aliphatic rings. The van der Waals surface area contributed by atoms with Crippen LogP contribution in [0.3, 0.4) is 0 Å². The average molecular weight is 337 g/mol. The molecule has 25 heavy (non-hydrogen) atoms. The summed E-state index contributed by atoms with van der Waals surface area (Å²) in [4.78, 5) is 12.7. The molecule has 0 unspecified atom stereocenters. The van der Waals surface area contributed by atoms with Crippen molar-refractivity contribution in [3.63, 3.8) is 0 Å². The van der Waals surface area contributed by atoms with Gasteiger partial charge in [0.2, 0.25) is 0 Å². The van der Waals surface area contributed by atoms with E-state index in [2.05, 4.69) is 42.6 Å². The summed E-state index contributed by atoms with van der Waals surface area (Å²) in [6.45, 7) is 4.11. The Balaban J connectivity index is 1.66. The molecule has 0 spiro atoms. The van der Waals surface area contributed by atoms with Crippen molar-refractivity contribution >= 4 is 5.91 Å². The molecule has 3 heteroatoms. The quantitative estimate of drug-likeness (QED) is 0.836. The van der Waals surface area contributed by atoms with Crippen LogP contribution in [0.2, 0.25) is 0 Å². The number of fused-ring (bicyclic) bond motifs is 1. The number of hydrogen-bond acceptors (Lipinski definition) is 2. The van der Waals surface area contributed by atoms with Crippen molar-refractivity contribution in [2.45, 2.75) is 58.1 Å². The molecule has 0 fully saturated rings. The minimum absolute atomic E-state index is 0.0243. The molecule has 0 aliphatic heterocycles. The zero-order chi connectivity index (χ0) is 17.6. The maximum atomic E-state index is 12.7. The maximum absolute atomic E-state index is 12.7. The predicted octanol–water partition coefficient (Wildman–Crippen LogP) is 4.60. The second-order valence-electron chi connectivity index (χ2n) is 6.66. The van der Waals surface area contributed by atoms with E-state index in [1.165, 1.54) is 16.7 Å². The molecule has 2 aromatic rings. The Morgan fingerprint density at radius 1 is 1.16 bits per heavy atom. The van der Waals surface area contributed by atoms with Crippen LogP contribution in [0.5, 0.6) is 5.75 Å². The van der Waals surface area contributed by atoms with Gasteiger partial charge in [0, 0.05) is 0 Å². The van der Waals surface area contributed by atoms with Crippen molar-refractivity contribution in [3.8, 4) is 5.75 Å². The summed E-state index contributed by atoms with van der Waals surface area (Å²) in [5.41, 5.74) is 3.87. The third-order valence-corrected chi connectivity index (χ3v) is 4.96. The summed E-state index contributed by atoms with van der Waals surface area (Å²) in [6, 6.07) is 16.5. The molecular formula is C22H27NO2. The van der Waals surface area contributed by atoms with Gasteiger partial charge in [0.15, 0.2) is 6.10 Å². The van der Waals surface area contributed by atoms with Crippen LogP contribution >= 0.6 is 0 Å². The second-order valence-corrected chi connectivity index (χ2v) is 6.66. The average Bonchev–Trinajstić information content (AvgIpc) is 2.66. The molecule has 132 valence electrons. The van der Waals surface area contributed by atoms with Gasteiger partial charge in [0.25, 0.3) is 5.91 Å². The lowest BCUT2D eigenvalue weighted by atomic mass is 9.87. The van der Waals surface area contributed by atoms with Crippen LogP contribution < -0.4 is 10.1 Å². The minimum Gasteiger partial charge on any atom is -0.481 e. The van der Waals surface area contributed by atoms with E-state index in [4.69, 9.17) is 4.74 Å². The van der Waals surface area contributed by atoms with Gasteiger partial charge in [-0.1, -0.05) is 50.2 Å². The first-order valence-corrected chi connectivity index (χ1v) is 9.35. The fraction of sp³-hybridized carbons (Fsp3) is 0.409. The first-order valence-electron chi connectivity index (χ1n) is 9.35. The Morgan fingerprint density at radius 2 is 1.92 bits per heavy atom. The van der Waals surface area contributed by atoms with Crippen LogP contribution in [0, 0.1) is 0 Å². The molecular weight excluding hydrogens is 310 g/mol. The van der Waals surface area contributed by atoms with Gasteiger partial charge in [-0.3, -0.25) is 4.79 Å². The van der Waals surface area contributed by atoms with E-state index in [-0.39, 0.29) is 11.9 Å². The molecule has 0 aromatic heterocycles. The van der Waals surface area contributed by atoms with Gasteiger partial charge in [0.05, 0.1) is 6.04 Å². The molecule has 0 saturated carbocycles. The highest BCUT2D eigenvalue weighted by Crippen LogP contribution is 2.29. The molecule has 1 amide bonds. The van der Waals surface area contributed by atoms with Crippen molar-refractivity contribution in [2.24, 2.45) is 0 Å². The van der Waals surface area contributed by atoms with Gasteiger partial charge in [-0.05, 0) is 60.9 Å². The van der Waals surface area contributed by atoms with Crippen LogP contribution in [-0.4, -0.2) is 12.0 Å². The first kappa shape index (κ1) is 17.5. The van der Waals surface area contributed by atoms with E-state index in [1.807, 2.05) is 25.1 Å². The Hall–Kier alpha value is -2.29. The number of hydrogen-bond donors (Lipinski definition) is 1. The van der Waals surface area contributed by atoms with E-state index in [0.29, 0.717) is 6.42 Å². The lowest BCUT2D eigenvalue weighted by molar-refractivity contribution is -0.129. The molecule has 0 saturated heterocycles. The Labute approximate surface area is 150 Å². The highest BCUT2D eigenvalue weighted by molar-refractivity contribution is 5.81. The van der Waals surface area contributed by atoms with E-state index < -0.39 is 6.10 Å². The lowest BCUT2D eigenvalue weighted by Crippen LogP contribution is -2.40. The van der Waals surface area contributed by atoms with Crippen molar-refractivity contribution < 1.29 is 9.53 Å². The van der Waals surface area contributed by atoms with Crippen molar-refractivity contribution in [1.82, 2.24) is 5.32 Å². The lowest BCUT2D eigenvalue weighted by Gasteiger charge is -2.28. The Bertz CT molecular complexity index is 708. The highest BCUT2D eigenvalue weighted by atomic mass is 16.5. The van der Waals surface area contributed by atoms with Crippen LogP contribution in [0.4, 0.5) is 0 Å². The smallest absolute Gasteiger partial charge is 0.261 e. The fourth-order valence-corrected chi connectivity index (χ4v) is 3.46. The molecule has 0 radical (unpaired) electrons. The first-order chi connectivity index (χ1) is 12.2. The normalized spacial score (nSPS) is 17.4. The van der Waals surface area contributed by atoms with Gasteiger partial charge in [0.1, 0.15) is 5.75 Å². The number of amides is 1. The summed E-state index contributed by atoms with van der Waals surface area (Å²) in [5, 5.41) is 3.20. The zero-order valence-electron chi connectivity index (χ0n) is 15.1. The van der Waals surface area contributed by atoms with Crippen molar-refractivity contribution in [2.75, 3.05) is 0 Å². The van der Waals surface area contributed by atoms with E-state index in [1.54, 1.807) is 0 Å². The summed E-state index contributed by atoms with van der Waals surface area (Å²) in [5.74, 6) is 0.729. The molecule has 3 rings (SSSR count). The van der Waals surface area contributed by atoms with Crippen molar-refractivity contribution in [1.29, 1.82) is 0 Å². The van der Waals surface area contributed by atoms with Crippen LogP contribution in [0.1, 0.15) is 55.8 Å². The fourth-order valence-electron chi connectivity index (χ4n) is 3.46. The van der Waals surface area contributed by atoms with Gasteiger partial charge in [-0.25, -0.2) is 0 Å². The SMILES string of the molecule is CCc1ccc(O[C@H](CC)C(=O)N[C@@H]2CCCc3ccccc32)cc1. The van der Waals surface area contributed by atoms with Gasteiger partial charge in [-0.2, -0.15) is 0 Å². The number of ether oxygens (including phenoxy) is 1. The number of benzene rings is 2.